The van der Waals surface area contributed by atoms with Gasteiger partial charge in [0.15, 0.2) is 5.82 Å². The van der Waals surface area contributed by atoms with Gasteiger partial charge < -0.3 is 14.6 Å². The number of rotatable bonds is 6. The molecule has 0 fully saturated rings. The number of benzene rings is 1. The minimum Gasteiger partial charge on any atom is -0.377 e. The second kappa shape index (κ2) is 8.14. The van der Waals surface area contributed by atoms with Crippen LogP contribution < -0.4 is 5.32 Å². The first-order valence-corrected chi connectivity index (χ1v) is 10.1. The van der Waals surface area contributed by atoms with Gasteiger partial charge in [-0.3, -0.25) is 4.79 Å². The van der Waals surface area contributed by atoms with Crippen LogP contribution in [0.1, 0.15) is 35.9 Å². The van der Waals surface area contributed by atoms with Crippen molar-refractivity contribution in [2.75, 3.05) is 7.11 Å². The van der Waals surface area contributed by atoms with Crippen molar-refractivity contribution in [2.45, 2.75) is 51.3 Å². The Morgan fingerprint density at radius 2 is 2.22 bits per heavy atom. The molecule has 1 unspecified atom stereocenters. The van der Waals surface area contributed by atoms with E-state index in [9.17, 15) is 4.79 Å². The van der Waals surface area contributed by atoms with Gasteiger partial charge in [-0.15, -0.1) is 21.5 Å². The summed E-state index contributed by atoms with van der Waals surface area (Å²) in [5.41, 5.74) is 1.01. The molecule has 142 valence electrons. The van der Waals surface area contributed by atoms with E-state index in [0.717, 1.165) is 48.0 Å². The molecule has 0 saturated carbocycles. The van der Waals surface area contributed by atoms with Gasteiger partial charge in [-0.2, -0.15) is 0 Å². The molecule has 1 aromatic carbocycles. The third-order valence-corrected chi connectivity index (χ3v) is 5.96. The summed E-state index contributed by atoms with van der Waals surface area (Å²) in [6.07, 6.45) is 3.74. The maximum Gasteiger partial charge on any atom is 0.220 e. The van der Waals surface area contributed by atoms with Crippen LogP contribution in [-0.2, 0) is 35.5 Å². The topological polar surface area (TPSA) is 81.9 Å². The number of aromatic nitrogens is 4. The largest absolute Gasteiger partial charge is 0.377 e. The zero-order valence-corrected chi connectivity index (χ0v) is 16.2. The number of fused-ring (bicyclic) bond motifs is 2. The fourth-order valence-electron chi connectivity index (χ4n) is 3.48. The van der Waals surface area contributed by atoms with Crippen LogP contribution in [0.5, 0.6) is 0 Å². The minimum atomic E-state index is 0.0917. The number of aryl methyl sites for hydroxylation is 2. The van der Waals surface area contributed by atoms with Crippen molar-refractivity contribution in [3.05, 3.63) is 40.9 Å². The molecular formula is C19H23N5O2S. The van der Waals surface area contributed by atoms with Crippen LogP contribution in [0.3, 0.4) is 0 Å². The molecule has 0 radical (unpaired) electrons. The number of hydrogen-bond donors (Lipinski definition) is 1. The van der Waals surface area contributed by atoms with Crippen molar-refractivity contribution >= 4 is 27.5 Å². The highest BCUT2D eigenvalue weighted by atomic mass is 32.1. The predicted molar refractivity (Wildman–Crippen MR) is 104 cm³/mol. The lowest BCUT2D eigenvalue weighted by molar-refractivity contribution is -0.121. The SMILES string of the molecule is COCc1nnc2n1CCC(NC(=O)CCc1nc3ccccc3s1)CC2. The Bertz CT molecular complexity index is 902. The number of ether oxygens (including phenoxy) is 1. The van der Waals surface area contributed by atoms with E-state index in [2.05, 4.69) is 31.1 Å². The van der Waals surface area contributed by atoms with Gasteiger partial charge in [0, 0.05) is 39.0 Å². The summed E-state index contributed by atoms with van der Waals surface area (Å²) < 4.78 is 8.48. The van der Waals surface area contributed by atoms with Crippen LogP contribution in [0, 0.1) is 0 Å². The summed E-state index contributed by atoms with van der Waals surface area (Å²) in [5, 5.41) is 12.7. The maximum absolute atomic E-state index is 12.4. The first-order valence-electron chi connectivity index (χ1n) is 9.26. The van der Waals surface area contributed by atoms with Gasteiger partial charge in [0.05, 0.1) is 15.2 Å². The Morgan fingerprint density at radius 3 is 3.07 bits per heavy atom. The van der Waals surface area contributed by atoms with Gasteiger partial charge in [0.2, 0.25) is 5.91 Å². The lowest BCUT2D eigenvalue weighted by Gasteiger charge is -2.16. The number of amides is 1. The van der Waals surface area contributed by atoms with Gasteiger partial charge in [-0.1, -0.05) is 12.1 Å². The maximum atomic E-state index is 12.4. The normalized spacial score (nSPS) is 16.9. The molecule has 1 aliphatic rings. The number of hydrogen-bond acceptors (Lipinski definition) is 6. The lowest BCUT2D eigenvalue weighted by atomic mass is 10.1. The molecule has 1 N–H and O–H groups in total. The summed E-state index contributed by atoms with van der Waals surface area (Å²) in [5.74, 6) is 1.93. The molecule has 0 saturated heterocycles. The number of methoxy groups -OCH3 is 1. The van der Waals surface area contributed by atoms with Crippen LogP contribution in [-0.4, -0.2) is 38.8 Å². The Hall–Kier alpha value is -2.32. The minimum absolute atomic E-state index is 0.0917. The summed E-state index contributed by atoms with van der Waals surface area (Å²) in [6, 6.07) is 8.25. The molecule has 8 heteroatoms. The van der Waals surface area contributed by atoms with Crippen molar-refractivity contribution in [3.8, 4) is 0 Å². The highest BCUT2D eigenvalue weighted by molar-refractivity contribution is 7.18. The van der Waals surface area contributed by atoms with E-state index < -0.39 is 0 Å². The molecule has 1 amide bonds. The third-order valence-electron chi connectivity index (χ3n) is 4.86. The van der Waals surface area contributed by atoms with Crippen molar-refractivity contribution in [1.29, 1.82) is 0 Å². The monoisotopic (exact) mass is 385 g/mol. The molecule has 3 heterocycles. The zero-order valence-electron chi connectivity index (χ0n) is 15.4. The van der Waals surface area contributed by atoms with Gasteiger partial charge in [0.25, 0.3) is 0 Å². The Labute approximate surface area is 161 Å². The number of carbonyl (C=O) groups is 1. The van der Waals surface area contributed by atoms with Gasteiger partial charge in [-0.05, 0) is 25.0 Å². The Kier molecular flexibility index (Phi) is 5.45. The first kappa shape index (κ1) is 18.1. The van der Waals surface area contributed by atoms with E-state index in [1.54, 1.807) is 18.4 Å². The van der Waals surface area contributed by atoms with E-state index in [4.69, 9.17) is 4.74 Å². The van der Waals surface area contributed by atoms with E-state index in [1.165, 1.54) is 4.70 Å². The summed E-state index contributed by atoms with van der Waals surface area (Å²) >= 11 is 1.67. The molecule has 3 aromatic rings. The second-order valence-corrected chi connectivity index (χ2v) is 7.90. The van der Waals surface area contributed by atoms with Gasteiger partial charge in [0.1, 0.15) is 12.4 Å². The third kappa shape index (κ3) is 4.17. The Balaban J connectivity index is 1.29. The number of para-hydroxylation sites is 1. The molecule has 2 aromatic heterocycles. The molecule has 27 heavy (non-hydrogen) atoms. The molecule has 1 aliphatic heterocycles. The van der Waals surface area contributed by atoms with Gasteiger partial charge in [-0.25, -0.2) is 4.98 Å². The second-order valence-electron chi connectivity index (χ2n) is 6.78. The molecule has 4 rings (SSSR count). The highest BCUT2D eigenvalue weighted by Gasteiger charge is 2.21. The van der Waals surface area contributed by atoms with Crippen LogP contribution >= 0.6 is 11.3 Å². The number of nitrogens with zero attached hydrogens (tertiary/aromatic N) is 4. The number of thiazole rings is 1. The van der Waals surface area contributed by atoms with E-state index in [-0.39, 0.29) is 11.9 Å². The molecule has 0 aliphatic carbocycles. The first-order chi connectivity index (χ1) is 13.2. The molecular weight excluding hydrogens is 362 g/mol. The van der Waals surface area contributed by atoms with Crippen LogP contribution in [0.15, 0.2) is 24.3 Å². The van der Waals surface area contributed by atoms with Gasteiger partial charge >= 0.3 is 0 Å². The van der Waals surface area contributed by atoms with Crippen molar-refractivity contribution in [1.82, 2.24) is 25.1 Å². The van der Waals surface area contributed by atoms with E-state index >= 15 is 0 Å². The fourth-order valence-corrected chi connectivity index (χ4v) is 4.44. The van der Waals surface area contributed by atoms with Crippen LogP contribution in [0.25, 0.3) is 10.2 Å². The van der Waals surface area contributed by atoms with Crippen LogP contribution in [0.2, 0.25) is 0 Å². The zero-order chi connectivity index (χ0) is 18.6. The molecule has 1 atom stereocenters. The number of nitrogens with one attached hydrogen (secondary N) is 1. The van der Waals surface area contributed by atoms with Crippen LogP contribution in [0.4, 0.5) is 0 Å². The van der Waals surface area contributed by atoms with E-state index in [1.807, 2.05) is 18.2 Å². The van der Waals surface area contributed by atoms with Crippen molar-refractivity contribution in [2.24, 2.45) is 0 Å². The predicted octanol–water partition coefficient (Wildman–Crippen LogP) is 2.49. The average molecular weight is 385 g/mol. The fraction of sp³-hybridized carbons (Fsp3) is 0.474. The molecule has 0 spiro atoms. The average Bonchev–Trinajstić information content (AvgIpc) is 3.20. The smallest absolute Gasteiger partial charge is 0.220 e. The van der Waals surface area contributed by atoms with E-state index in [0.29, 0.717) is 19.4 Å². The Morgan fingerprint density at radius 1 is 1.33 bits per heavy atom. The number of carbonyl (C=O) groups excluding carboxylic acids is 1. The highest BCUT2D eigenvalue weighted by Crippen LogP contribution is 2.22. The van der Waals surface area contributed by atoms with Crippen molar-refractivity contribution in [3.63, 3.8) is 0 Å². The summed E-state index contributed by atoms with van der Waals surface area (Å²) in [4.78, 5) is 17.0. The summed E-state index contributed by atoms with van der Waals surface area (Å²) in [7, 11) is 1.66. The standard InChI is InChI=1S/C19H23N5O2S/c1-26-12-17-23-22-16-7-6-13(10-11-24(16)17)20-18(25)8-9-19-21-14-4-2-3-5-15(14)27-19/h2-5,13H,6-12H2,1H3,(H,20,25). The molecule has 0 bridgehead atoms. The lowest BCUT2D eigenvalue weighted by Crippen LogP contribution is -2.35. The molecule has 7 nitrogen and oxygen atoms in total. The van der Waals surface area contributed by atoms with Crippen molar-refractivity contribution < 1.29 is 9.53 Å². The quantitative estimate of drug-likeness (QED) is 0.705. The summed E-state index contributed by atoms with van der Waals surface area (Å²) in [6.45, 7) is 1.27.